The highest BCUT2D eigenvalue weighted by atomic mass is 19.1. The molecule has 0 bridgehead atoms. The summed E-state index contributed by atoms with van der Waals surface area (Å²) in [6, 6.07) is 6.89. The van der Waals surface area contributed by atoms with Gasteiger partial charge >= 0.3 is 0 Å². The number of carbonyl (C=O) groups excluding carboxylic acids is 1. The van der Waals surface area contributed by atoms with Crippen LogP contribution >= 0.6 is 0 Å². The molecule has 0 aliphatic carbocycles. The summed E-state index contributed by atoms with van der Waals surface area (Å²) in [4.78, 5) is 18.8. The van der Waals surface area contributed by atoms with Gasteiger partial charge < -0.3 is 10.0 Å². The minimum Gasteiger partial charge on any atom is -0.392 e. The lowest BCUT2D eigenvalue weighted by molar-refractivity contribution is -0.133. The Morgan fingerprint density at radius 1 is 1.08 bits per heavy atom. The topological polar surface area (TPSA) is 47.0 Å². The van der Waals surface area contributed by atoms with Crippen molar-refractivity contribution in [3.63, 3.8) is 0 Å². The molecule has 2 saturated heterocycles. The molecule has 1 N–H and O–H groups in total. The summed E-state index contributed by atoms with van der Waals surface area (Å²) in [7, 11) is 0. The predicted octanol–water partition coefficient (Wildman–Crippen LogP) is 1.32. The molecular formula is C19H28FN3O2. The van der Waals surface area contributed by atoms with Crippen molar-refractivity contribution >= 4 is 5.91 Å². The van der Waals surface area contributed by atoms with Crippen LogP contribution in [0.5, 0.6) is 0 Å². The molecule has 3 rings (SSSR count). The molecule has 25 heavy (non-hydrogen) atoms. The number of β-amino-alcohol motifs (C(OH)–C–C–N with tert-alkyl or cyclic N) is 1. The van der Waals surface area contributed by atoms with E-state index in [0.717, 1.165) is 45.4 Å². The summed E-state index contributed by atoms with van der Waals surface area (Å²) >= 11 is 0. The third kappa shape index (κ3) is 5.23. The van der Waals surface area contributed by atoms with Crippen LogP contribution in [-0.4, -0.2) is 77.6 Å². The number of aliphatic hydroxyl groups excluding tert-OH is 1. The number of rotatable bonds is 4. The van der Waals surface area contributed by atoms with Gasteiger partial charge in [-0.15, -0.1) is 0 Å². The Bertz CT molecular complexity index is 584. The average Bonchev–Trinajstić information content (AvgIpc) is 2.83. The minimum atomic E-state index is -0.304. The van der Waals surface area contributed by atoms with E-state index in [1.165, 1.54) is 6.07 Å². The second-order valence-corrected chi connectivity index (χ2v) is 7.13. The molecule has 0 radical (unpaired) electrons. The molecular weight excluding hydrogens is 321 g/mol. The van der Waals surface area contributed by atoms with Gasteiger partial charge in [0.1, 0.15) is 5.82 Å². The molecule has 5 nitrogen and oxygen atoms in total. The maximum Gasteiger partial charge on any atom is 0.236 e. The number of likely N-dealkylation sites (tertiary alicyclic amines) is 1. The van der Waals surface area contributed by atoms with Crippen LogP contribution in [0.4, 0.5) is 4.39 Å². The number of aliphatic hydroxyl groups is 1. The molecule has 0 saturated carbocycles. The number of amides is 1. The highest BCUT2D eigenvalue weighted by Gasteiger charge is 2.24. The third-order valence-corrected chi connectivity index (χ3v) is 5.13. The predicted molar refractivity (Wildman–Crippen MR) is 94.6 cm³/mol. The summed E-state index contributed by atoms with van der Waals surface area (Å²) in [5.41, 5.74) is 0.713. The van der Waals surface area contributed by atoms with E-state index in [4.69, 9.17) is 0 Å². The van der Waals surface area contributed by atoms with E-state index in [1.54, 1.807) is 6.07 Å². The fourth-order valence-electron chi connectivity index (χ4n) is 3.71. The summed E-state index contributed by atoms with van der Waals surface area (Å²) in [5.74, 6) is -0.0230. The molecule has 0 spiro atoms. The molecule has 1 amide bonds. The zero-order chi connectivity index (χ0) is 17.6. The Balaban J connectivity index is 1.49. The number of piperidine rings is 1. The first-order chi connectivity index (χ1) is 12.1. The Hall–Kier alpha value is -1.50. The Morgan fingerprint density at radius 2 is 1.88 bits per heavy atom. The van der Waals surface area contributed by atoms with Gasteiger partial charge in [-0.3, -0.25) is 14.6 Å². The molecule has 2 fully saturated rings. The second-order valence-electron chi connectivity index (χ2n) is 7.13. The van der Waals surface area contributed by atoms with Crippen LogP contribution in [0.15, 0.2) is 24.3 Å². The number of hydrogen-bond acceptors (Lipinski definition) is 4. The first-order valence-corrected chi connectivity index (χ1v) is 9.26. The van der Waals surface area contributed by atoms with Crippen molar-refractivity contribution in [1.82, 2.24) is 14.7 Å². The van der Waals surface area contributed by atoms with E-state index in [0.29, 0.717) is 31.7 Å². The van der Waals surface area contributed by atoms with Crippen LogP contribution in [0, 0.1) is 5.82 Å². The number of halogens is 1. The monoisotopic (exact) mass is 349 g/mol. The molecule has 2 heterocycles. The molecule has 2 aliphatic rings. The fourth-order valence-corrected chi connectivity index (χ4v) is 3.71. The van der Waals surface area contributed by atoms with E-state index in [2.05, 4.69) is 9.80 Å². The lowest BCUT2D eigenvalue weighted by Crippen LogP contribution is -2.46. The molecule has 2 aliphatic heterocycles. The largest absolute Gasteiger partial charge is 0.392 e. The molecule has 1 aromatic rings. The van der Waals surface area contributed by atoms with E-state index in [-0.39, 0.29) is 17.8 Å². The lowest BCUT2D eigenvalue weighted by Gasteiger charge is -2.31. The average molecular weight is 349 g/mol. The van der Waals surface area contributed by atoms with Crippen molar-refractivity contribution in [1.29, 1.82) is 0 Å². The number of benzene rings is 1. The van der Waals surface area contributed by atoms with Gasteiger partial charge in [0.2, 0.25) is 5.91 Å². The van der Waals surface area contributed by atoms with Crippen LogP contribution < -0.4 is 0 Å². The Kier molecular flexibility index (Phi) is 6.39. The summed E-state index contributed by atoms with van der Waals surface area (Å²) in [6.45, 7) is 5.54. The quantitative estimate of drug-likeness (QED) is 0.891. The lowest BCUT2D eigenvalue weighted by atomic mass is 10.1. The van der Waals surface area contributed by atoms with Gasteiger partial charge in [-0.2, -0.15) is 0 Å². The standard InChI is InChI=1S/C19H28FN3O2/c20-18-7-2-1-5-16(18)13-21-9-4-10-23(12-11-21)19(25)15-22-8-3-6-17(24)14-22/h1-2,5,7,17,24H,3-4,6,8-15H2/t17-/m1/s1. The van der Waals surface area contributed by atoms with Gasteiger partial charge in [0.05, 0.1) is 12.6 Å². The van der Waals surface area contributed by atoms with Crippen LogP contribution in [0.2, 0.25) is 0 Å². The van der Waals surface area contributed by atoms with Crippen molar-refractivity contribution in [2.75, 3.05) is 45.8 Å². The maximum absolute atomic E-state index is 13.8. The van der Waals surface area contributed by atoms with E-state index in [9.17, 15) is 14.3 Å². The van der Waals surface area contributed by atoms with Gasteiger partial charge in [-0.1, -0.05) is 18.2 Å². The summed E-state index contributed by atoms with van der Waals surface area (Å²) < 4.78 is 13.8. The first kappa shape index (κ1) is 18.3. The highest BCUT2D eigenvalue weighted by molar-refractivity contribution is 5.78. The molecule has 0 aromatic heterocycles. The molecule has 138 valence electrons. The van der Waals surface area contributed by atoms with Crippen molar-refractivity contribution < 1.29 is 14.3 Å². The highest BCUT2D eigenvalue weighted by Crippen LogP contribution is 2.14. The zero-order valence-electron chi connectivity index (χ0n) is 14.7. The van der Waals surface area contributed by atoms with Crippen molar-refractivity contribution in [2.45, 2.75) is 31.9 Å². The van der Waals surface area contributed by atoms with Crippen molar-refractivity contribution in [3.05, 3.63) is 35.6 Å². The van der Waals surface area contributed by atoms with Gasteiger partial charge in [0.15, 0.2) is 0 Å². The smallest absolute Gasteiger partial charge is 0.236 e. The SMILES string of the molecule is O=C(CN1CCC[C@@H](O)C1)N1CCCN(Cc2ccccc2F)CC1. The third-order valence-electron chi connectivity index (χ3n) is 5.13. The normalized spacial score (nSPS) is 23.4. The van der Waals surface area contributed by atoms with E-state index >= 15 is 0 Å². The van der Waals surface area contributed by atoms with Crippen LogP contribution in [-0.2, 0) is 11.3 Å². The first-order valence-electron chi connectivity index (χ1n) is 9.26. The number of hydrogen-bond donors (Lipinski definition) is 1. The summed E-state index contributed by atoms with van der Waals surface area (Å²) in [5, 5.41) is 9.74. The van der Waals surface area contributed by atoms with E-state index < -0.39 is 0 Å². The minimum absolute atomic E-state index is 0.141. The Morgan fingerprint density at radius 3 is 2.68 bits per heavy atom. The Labute approximate surface area is 149 Å². The maximum atomic E-state index is 13.8. The van der Waals surface area contributed by atoms with Gasteiger partial charge in [-0.25, -0.2) is 4.39 Å². The second kappa shape index (κ2) is 8.74. The molecule has 1 atom stereocenters. The van der Waals surface area contributed by atoms with Crippen molar-refractivity contribution in [3.8, 4) is 0 Å². The van der Waals surface area contributed by atoms with Crippen LogP contribution in [0.3, 0.4) is 0 Å². The fraction of sp³-hybridized carbons (Fsp3) is 0.632. The van der Waals surface area contributed by atoms with Crippen LogP contribution in [0.25, 0.3) is 0 Å². The molecule has 1 aromatic carbocycles. The molecule has 6 heteroatoms. The van der Waals surface area contributed by atoms with Gasteiger partial charge in [0.25, 0.3) is 0 Å². The van der Waals surface area contributed by atoms with Crippen molar-refractivity contribution in [2.24, 2.45) is 0 Å². The van der Waals surface area contributed by atoms with Gasteiger partial charge in [-0.05, 0) is 31.9 Å². The summed E-state index contributed by atoms with van der Waals surface area (Å²) in [6.07, 6.45) is 2.38. The molecule has 0 unspecified atom stereocenters. The van der Waals surface area contributed by atoms with E-state index in [1.807, 2.05) is 17.0 Å². The zero-order valence-corrected chi connectivity index (χ0v) is 14.7. The van der Waals surface area contributed by atoms with Gasteiger partial charge in [0, 0.05) is 44.8 Å². The number of nitrogens with zero attached hydrogens (tertiary/aromatic N) is 3. The van der Waals surface area contributed by atoms with Crippen LogP contribution in [0.1, 0.15) is 24.8 Å². The number of carbonyl (C=O) groups is 1.